The highest BCUT2D eigenvalue weighted by atomic mass is 16.4. The van der Waals surface area contributed by atoms with Crippen molar-refractivity contribution >= 4 is 16.9 Å². The van der Waals surface area contributed by atoms with Crippen molar-refractivity contribution in [3.63, 3.8) is 0 Å². The predicted molar refractivity (Wildman–Crippen MR) is 87.5 cm³/mol. The summed E-state index contributed by atoms with van der Waals surface area (Å²) in [5, 5.41) is 13.3. The van der Waals surface area contributed by atoms with Gasteiger partial charge in [-0.2, -0.15) is 5.10 Å². The molecule has 0 spiro atoms. The third kappa shape index (κ3) is 2.50. The Morgan fingerprint density at radius 1 is 1.12 bits per heavy atom. The summed E-state index contributed by atoms with van der Waals surface area (Å²) in [5.41, 5.74) is 0.858. The third-order valence-electron chi connectivity index (χ3n) is 4.57. The molecule has 1 saturated heterocycles. The summed E-state index contributed by atoms with van der Waals surface area (Å²) in [6, 6.07) is 0.122. The van der Waals surface area contributed by atoms with Crippen molar-refractivity contribution in [2.45, 2.75) is 19.9 Å². The van der Waals surface area contributed by atoms with Crippen molar-refractivity contribution in [1.29, 1.82) is 0 Å². The van der Waals surface area contributed by atoms with E-state index in [0.29, 0.717) is 11.8 Å². The van der Waals surface area contributed by atoms with E-state index in [9.17, 15) is 0 Å². The maximum absolute atomic E-state index is 5.56. The molecule has 0 N–H and O–H groups in total. The SMILES string of the molecule is Cc1nnc([C@H](C)N2CCN(c3ncnc4c3cnn4C)CC2)o1. The molecule has 24 heavy (non-hydrogen) atoms. The van der Waals surface area contributed by atoms with Gasteiger partial charge in [0.25, 0.3) is 0 Å². The fraction of sp³-hybridized carbons (Fsp3) is 0.533. The first kappa shape index (κ1) is 15.0. The normalized spacial score (nSPS) is 17.5. The Morgan fingerprint density at radius 2 is 1.92 bits per heavy atom. The number of nitrogens with zero attached hydrogens (tertiary/aromatic N) is 8. The molecule has 3 aromatic rings. The molecule has 0 aromatic carbocycles. The molecule has 0 aliphatic carbocycles. The van der Waals surface area contributed by atoms with Crippen molar-refractivity contribution in [2.75, 3.05) is 31.1 Å². The van der Waals surface area contributed by atoms with Crippen LogP contribution in [0.1, 0.15) is 24.7 Å². The summed E-state index contributed by atoms with van der Waals surface area (Å²) in [5.74, 6) is 2.24. The highest BCUT2D eigenvalue weighted by Gasteiger charge is 2.26. The zero-order valence-electron chi connectivity index (χ0n) is 14.0. The molecule has 1 fully saturated rings. The van der Waals surface area contributed by atoms with Crippen LogP contribution in [0.4, 0.5) is 5.82 Å². The number of aromatic nitrogens is 6. The van der Waals surface area contributed by atoms with Gasteiger partial charge < -0.3 is 9.32 Å². The van der Waals surface area contributed by atoms with Crippen molar-refractivity contribution in [2.24, 2.45) is 7.05 Å². The zero-order valence-corrected chi connectivity index (χ0v) is 14.0. The maximum Gasteiger partial charge on any atom is 0.233 e. The van der Waals surface area contributed by atoms with Gasteiger partial charge in [0.1, 0.15) is 12.1 Å². The molecule has 1 aliphatic heterocycles. The second-order valence-electron chi connectivity index (χ2n) is 6.06. The molecular weight excluding hydrogens is 308 g/mol. The molecular formula is C15H20N8O. The van der Waals surface area contributed by atoms with Crippen LogP contribution in [-0.2, 0) is 7.05 Å². The topological polar surface area (TPSA) is 89.0 Å². The van der Waals surface area contributed by atoms with Crippen LogP contribution < -0.4 is 4.90 Å². The third-order valence-corrected chi connectivity index (χ3v) is 4.57. The van der Waals surface area contributed by atoms with E-state index >= 15 is 0 Å². The van der Waals surface area contributed by atoms with Gasteiger partial charge in [0.15, 0.2) is 5.65 Å². The Balaban J connectivity index is 1.49. The molecule has 0 radical (unpaired) electrons. The zero-order chi connectivity index (χ0) is 16.7. The molecule has 0 amide bonds. The second kappa shape index (κ2) is 5.82. The number of anilines is 1. The quantitative estimate of drug-likeness (QED) is 0.702. The van der Waals surface area contributed by atoms with Crippen LogP contribution in [0.3, 0.4) is 0 Å². The lowest BCUT2D eigenvalue weighted by atomic mass is 10.2. The summed E-state index contributed by atoms with van der Waals surface area (Å²) in [6.45, 7) is 7.52. The van der Waals surface area contributed by atoms with Gasteiger partial charge in [0.05, 0.1) is 17.6 Å². The minimum Gasteiger partial charge on any atom is -0.424 e. The smallest absolute Gasteiger partial charge is 0.233 e. The summed E-state index contributed by atoms with van der Waals surface area (Å²) >= 11 is 0. The van der Waals surface area contributed by atoms with Crippen LogP contribution in [0.25, 0.3) is 11.0 Å². The Morgan fingerprint density at radius 3 is 2.62 bits per heavy atom. The first-order valence-corrected chi connectivity index (χ1v) is 8.05. The molecule has 126 valence electrons. The van der Waals surface area contributed by atoms with Crippen LogP contribution in [-0.4, -0.2) is 61.0 Å². The lowest BCUT2D eigenvalue weighted by Crippen LogP contribution is -2.47. The minimum atomic E-state index is 0.122. The number of hydrogen-bond acceptors (Lipinski definition) is 8. The van der Waals surface area contributed by atoms with Crippen LogP contribution in [0.2, 0.25) is 0 Å². The average Bonchev–Trinajstić information content (AvgIpc) is 3.21. The standard InChI is InChI=1S/C15H20N8O/c1-10(15-20-19-11(2)24-15)22-4-6-23(7-5-22)14-12-8-18-21(3)13(12)16-9-17-14/h8-10H,4-7H2,1-3H3/t10-/m0/s1. The fourth-order valence-corrected chi connectivity index (χ4v) is 3.16. The lowest BCUT2D eigenvalue weighted by Gasteiger charge is -2.37. The fourth-order valence-electron chi connectivity index (χ4n) is 3.16. The van der Waals surface area contributed by atoms with E-state index < -0.39 is 0 Å². The Hall–Kier alpha value is -2.55. The summed E-state index contributed by atoms with van der Waals surface area (Å²) in [4.78, 5) is 13.4. The lowest BCUT2D eigenvalue weighted by molar-refractivity contribution is 0.172. The second-order valence-corrected chi connectivity index (χ2v) is 6.06. The number of hydrogen-bond donors (Lipinski definition) is 0. The van der Waals surface area contributed by atoms with Gasteiger partial charge in [-0.25, -0.2) is 9.97 Å². The van der Waals surface area contributed by atoms with E-state index in [1.54, 1.807) is 11.0 Å². The summed E-state index contributed by atoms with van der Waals surface area (Å²) in [6.07, 6.45) is 3.44. The molecule has 0 bridgehead atoms. The van der Waals surface area contributed by atoms with E-state index in [1.165, 1.54) is 0 Å². The highest BCUT2D eigenvalue weighted by molar-refractivity contribution is 5.86. The Bertz CT molecular complexity index is 848. The van der Waals surface area contributed by atoms with E-state index in [-0.39, 0.29) is 6.04 Å². The molecule has 3 aromatic heterocycles. The predicted octanol–water partition coefficient (Wildman–Crippen LogP) is 0.938. The van der Waals surface area contributed by atoms with Gasteiger partial charge in [-0.15, -0.1) is 10.2 Å². The molecule has 4 rings (SSSR count). The first-order chi connectivity index (χ1) is 11.6. The molecule has 0 unspecified atom stereocenters. The van der Waals surface area contributed by atoms with Gasteiger partial charge >= 0.3 is 0 Å². The van der Waals surface area contributed by atoms with Gasteiger partial charge in [-0.05, 0) is 6.92 Å². The van der Waals surface area contributed by atoms with Gasteiger partial charge in [-0.1, -0.05) is 0 Å². The van der Waals surface area contributed by atoms with Gasteiger partial charge in [0.2, 0.25) is 11.8 Å². The number of fused-ring (bicyclic) bond motifs is 1. The van der Waals surface area contributed by atoms with Gasteiger partial charge in [0, 0.05) is 40.2 Å². The molecule has 4 heterocycles. The molecule has 1 aliphatic rings. The van der Waals surface area contributed by atoms with Crippen LogP contribution in [0, 0.1) is 6.92 Å². The monoisotopic (exact) mass is 328 g/mol. The summed E-state index contributed by atoms with van der Waals surface area (Å²) in [7, 11) is 1.89. The van der Waals surface area contributed by atoms with Crippen LogP contribution >= 0.6 is 0 Å². The number of piperazine rings is 1. The largest absolute Gasteiger partial charge is 0.424 e. The van der Waals surface area contributed by atoms with E-state index in [2.05, 4.69) is 42.0 Å². The van der Waals surface area contributed by atoms with Crippen LogP contribution in [0.15, 0.2) is 16.9 Å². The van der Waals surface area contributed by atoms with Crippen molar-refractivity contribution in [1.82, 2.24) is 34.8 Å². The average molecular weight is 328 g/mol. The first-order valence-electron chi connectivity index (χ1n) is 8.05. The minimum absolute atomic E-state index is 0.122. The molecule has 9 nitrogen and oxygen atoms in total. The number of aryl methyl sites for hydroxylation is 2. The number of rotatable bonds is 3. The molecule has 0 saturated carbocycles. The van der Waals surface area contributed by atoms with Crippen molar-refractivity contribution in [3.8, 4) is 0 Å². The van der Waals surface area contributed by atoms with E-state index in [4.69, 9.17) is 4.42 Å². The van der Waals surface area contributed by atoms with E-state index in [0.717, 1.165) is 43.0 Å². The molecule has 9 heteroatoms. The van der Waals surface area contributed by atoms with Crippen molar-refractivity contribution in [3.05, 3.63) is 24.3 Å². The van der Waals surface area contributed by atoms with Gasteiger partial charge in [-0.3, -0.25) is 9.58 Å². The van der Waals surface area contributed by atoms with Crippen LogP contribution in [0.5, 0.6) is 0 Å². The highest BCUT2D eigenvalue weighted by Crippen LogP contribution is 2.26. The van der Waals surface area contributed by atoms with E-state index in [1.807, 2.05) is 20.2 Å². The Labute approximate surface area is 139 Å². The Kier molecular flexibility index (Phi) is 3.64. The molecule has 1 atom stereocenters. The van der Waals surface area contributed by atoms with Crippen molar-refractivity contribution < 1.29 is 4.42 Å². The maximum atomic E-state index is 5.56. The summed E-state index contributed by atoms with van der Waals surface area (Å²) < 4.78 is 7.34.